The fourth-order valence-electron chi connectivity index (χ4n) is 3.86. The molecule has 0 radical (unpaired) electrons. The summed E-state index contributed by atoms with van der Waals surface area (Å²) in [4.78, 5) is 0. The predicted molar refractivity (Wildman–Crippen MR) is 78.8 cm³/mol. The molecule has 0 spiro atoms. The highest BCUT2D eigenvalue weighted by atomic mass is 16.5. The summed E-state index contributed by atoms with van der Waals surface area (Å²) in [5.41, 5.74) is 2.89. The van der Waals surface area contributed by atoms with Gasteiger partial charge in [0, 0.05) is 6.42 Å². The first-order valence-electron chi connectivity index (χ1n) is 7.68. The molecule has 2 heteroatoms. The Morgan fingerprint density at radius 1 is 1.32 bits per heavy atom. The van der Waals surface area contributed by atoms with Crippen molar-refractivity contribution in [3.8, 4) is 5.75 Å². The first-order chi connectivity index (χ1) is 9.29. The molecule has 2 aliphatic rings. The highest BCUT2D eigenvalue weighted by Gasteiger charge is 2.32. The van der Waals surface area contributed by atoms with E-state index in [2.05, 4.69) is 37.5 Å². The van der Waals surface area contributed by atoms with Gasteiger partial charge in [-0.1, -0.05) is 31.5 Å². The third-order valence-electron chi connectivity index (χ3n) is 4.87. The van der Waals surface area contributed by atoms with Gasteiger partial charge in [0.25, 0.3) is 0 Å². The summed E-state index contributed by atoms with van der Waals surface area (Å²) in [5, 5.41) is 3.38. The zero-order chi connectivity index (χ0) is 13.2. The molecule has 3 rings (SSSR count). The number of benzene rings is 1. The minimum atomic E-state index is 0.671. The molecule has 1 aromatic carbocycles. The van der Waals surface area contributed by atoms with Crippen LogP contribution in [0.1, 0.15) is 43.2 Å². The summed E-state index contributed by atoms with van der Waals surface area (Å²) < 4.78 is 5.92. The Hall–Kier alpha value is -1.02. The molecule has 3 atom stereocenters. The maximum atomic E-state index is 5.92. The third-order valence-corrected chi connectivity index (χ3v) is 4.87. The fraction of sp³-hybridized carbons (Fsp3) is 0.647. The minimum Gasteiger partial charge on any atom is -0.493 e. The smallest absolute Gasteiger partial charge is 0.126 e. The van der Waals surface area contributed by atoms with E-state index in [-0.39, 0.29) is 0 Å². The predicted octanol–water partition coefficient (Wildman–Crippen LogP) is 3.36. The van der Waals surface area contributed by atoms with Crippen LogP contribution in [-0.2, 0) is 6.42 Å². The number of nitrogens with one attached hydrogen (secondary N) is 1. The summed E-state index contributed by atoms with van der Waals surface area (Å²) >= 11 is 0. The second kappa shape index (κ2) is 5.54. The molecule has 0 saturated heterocycles. The lowest BCUT2D eigenvalue weighted by Crippen LogP contribution is -2.30. The largest absolute Gasteiger partial charge is 0.493 e. The van der Waals surface area contributed by atoms with Crippen molar-refractivity contribution < 1.29 is 4.74 Å². The summed E-state index contributed by atoms with van der Waals surface area (Å²) in [7, 11) is 2.07. The highest BCUT2D eigenvalue weighted by Crippen LogP contribution is 2.45. The molecule has 1 saturated carbocycles. The van der Waals surface area contributed by atoms with Crippen LogP contribution in [0, 0.1) is 11.8 Å². The molecular weight excluding hydrogens is 234 g/mol. The summed E-state index contributed by atoms with van der Waals surface area (Å²) in [5.74, 6) is 3.49. The third kappa shape index (κ3) is 2.51. The molecule has 2 nitrogen and oxygen atoms in total. The van der Waals surface area contributed by atoms with Gasteiger partial charge in [-0.25, -0.2) is 0 Å². The van der Waals surface area contributed by atoms with Gasteiger partial charge >= 0.3 is 0 Å². The average molecular weight is 259 g/mol. The summed E-state index contributed by atoms with van der Waals surface area (Å²) in [6.45, 7) is 4.39. The normalized spacial score (nSPS) is 29.9. The Kier molecular flexibility index (Phi) is 3.79. The van der Waals surface area contributed by atoms with Crippen molar-refractivity contribution in [1.29, 1.82) is 0 Å². The van der Waals surface area contributed by atoms with Crippen LogP contribution >= 0.6 is 0 Å². The van der Waals surface area contributed by atoms with Crippen LogP contribution in [0.4, 0.5) is 0 Å². The van der Waals surface area contributed by atoms with Gasteiger partial charge < -0.3 is 10.1 Å². The lowest BCUT2D eigenvalue weighted by atomic mass is 9.71. The van der Waals surface area contributed by atoms with Crippen molar-refractivity contribution >= 4 is 0 Å². The Labute approximate surface area is 116 Å². The number of hydrogen-bond acceptors (Lipinski definition) is 2. The molecule has 19 heavy (non-hydrogen) atoms. The maximum Gasteiger partial charge on any atom is 0.126 e. The van der Waals surface area contributed by atoms with Gasteiger partial charge in [0.15, 0.2) is 0 Å². The quantitative estimate of drug-likeness (QED) is 0.898. The van der Waals surface area contributed by atoms with E-state index in [1.807, 2.05) is 0 Å². The molecule has 0 aromatic heterocycles. The lowest BCUT2D eigenvalue weighted by molar-refractivity contribution is 0.239. The van der Waals surface area contributed by atoms with Crippen LogP contribution in [0.25, 0.3) is 0 Å². The molecular formula is C17H25NO. The number of rotatable bonds is 3. The van der Waals surface area contributed by atoms with Crippen molar-refractivity contribution in [3.63, 3.8) is 0 Å². The van der Waals surface area contributed by atoms with Crippen molar-refractivity contribution in [1.82, 2.24) is 5.32 Å². The van der Waals surface area contributed by atoms with Gasteiger partial charge in [0.1, 0.15) is 5.75 Å². The second-order valence-corrected chi connectivity index (χ2v) is 6.28. The van der Waals surface area contributed by atoms with Crippen LogP contribution in [0.2, 0.25) is 0 Å². The van der Waals surface area contributed by atoms with Gasteiger partial charge in [-0.3, -0.25) is 0 Å². The maximum absolute atomic E-state index is 5.92. The van der Waals surface area contributed by atoms with Crippen LogP contribution in [0.5, 0.6) is 5.75 Å². The van der Waals surface area contributed by atoms with E-state index in [1.54, 1.807) is 0 Å². The van der Waals surface area contributed by atoms with E-state index < -0.39 is 0 Å². The molecule has 1 fully saturated rings. The number of ether oxygens (including phenoxy) is 1. The van der Waals surface area contributed by atoms with E-state index in [0.29, 0.717) is 5.92 Å². The van der Waals surface area contributed by atoms with Gasteiger partial charge in [-0.05, 0) is 55.3 Å². The number of hydrogen-bond donors (Lipinski definition) is 1. The topological polar surface area (TPSA) is 21.3 Å². The van der Waals surface area contributed by atoms with Crippen LogP contribution in [-0.4, -0.2) is 20.2 Å². The number of fused-ring (bicyclic) bond motifs is 1. The monoisotopic (exact) mass is 259 g/mol. The zero-order valence-corrected chi connectivity index (χ0v) is 12.1. The molecule has 0 bridgehead atoms. The van der Waals surface area contributed by atoms with Crippen molar-refractivity contribution in [2.75, 3.05) is 20.2 Å². The minimum absolute atomic E-state index is 0.671. The van der Waals surface area contributed by atoms with Crippen LogP contribution in [0.15, 0.2) is 18.2 Å². The van der Waals surface area contributed by atoms with E-state index in [4.69, 9.17) is 4.74 Å². The van der Waals surface area contributed by atoms with Crippen molar-refractivity contribution in [2.45, 2.75) is 38.5 Å². The highest BCUT2D eigenvalue weighted by molar-refractivity contribution is 5.46. The summed E-state index contributed by atoms with van der Waals surface area (Å²) in [6, 6.07) is 6.75. The zero-order valence-electron chi connectivity index (χ0n) is 12.1. The van der Waals surface area contributed by atoms with Crippen molar-refractivity contribution in [3.05, 3.63) is 29.3 Å². The average Bonchev–Trinajstić information content (AvgIpc) is 2.89. The number of para-hydroxylation sites is 1. The molecule has 1 aromatic rings. The van der Waals surface area contributed by atoms with Gasteiger partial charge in [0.2, 0.25) is 0 Å². The molecule has 104 valence electrons. The Morgan fingerprint density at radius 3 is 3.05 bits per heavy atom. The van der Waals surface area contributed by atoms with Gasteiger partial charge in [-0.15, -0.1) is 0 Å². The Bertz CT molecular complexity index is 443. The Morgan fingerprint density at radius 2 is 2.21 bits per heavy atom. The molecule has 3 unspecified atom stereocenters. The van der Waals surface area contributed by atoms with E-state index >= 15 is 0 Å². The molecule has 0 amide bonds. The lowest BCUT2D eigenvalue weighted by Gasteiger charge is -2.36. The van der Waals surface area contributed by atoms with E-state index in [1.165, 1.54) is 36.1 Å². The van der Waals surface area contributed by atoms with Crippen LogP contribution < -0.4 is 10.1 Å². The summed E-state index contributed by atoms with van der Waals surface area (Å²) in [6.07, 6.45) is 5.11. The second-order valence-electron chi connectivity index (χ2n) is 6.28. The SMILES string of the molecule is CNCC1CCC(C)CC1c1cccc2c1OCC2. The Balaban J connectivity index is 1.91. The molecule has 1 aliphatic carbocycles. The van der Waals surface area contributed by atoms with Crippen molar-refractivity contribution in [2.24, 2.45) is 11.8 Å². The van der Waals surface area contributed by atoms with E-state index in [0.717, 1.165) is 31.4 Å². The molecule has 1 aliphatic heterocycles. The van der Waals surface area contributed by atoms with Crippen LogP contribution in [0.3, 0.4) is 0 Å². The fourth-order valence-corrected chi connectivity index (χ4v) is 3.86. The van der Waals surface area contributed by atoms with E-state index in [9.17, 15) is 0 Å². The van der Waals surface area contributed by atoms with Gasteiger partial charge in [-0.2, -0.15) is 0 Å². The van der Waals surface area contributed by atoms with Gasteiger partial charge in [0.05, 0.1) is 6.61 Å². The standard InChI is InChI=1S/C17H25NO/c1-12-6-7-14(11-18-2)16(10-12)15-5-3-4-13-8-9-19-17(13)15/h3-5,12,14,16,18H,6-11H2,1-2H3. The first kappa shape index (κ1) is 13.0. The molecule has 1 heterocycles. The molecule has 1 N–H and O–H groups in total. The first-order valence-corrected chi connectivity index (χ1v) is 7.68.